The molecule has 2 atom stereocenters. The molecule has 2 aliphatic rings. The minimum absolute atomic E-state index is 0.410. The molecular formula is C18H28N2. The number of nitrogens with zero attached hydrogens (tertiary/aromatic N) is 1. The van der Waals surface area contributed by atoms with Gasteiger partial charge in [-0.25, -0.2) is 0 Å². The molecule has 1 fully saturated rings. The Hall–Kier alpha value is -1.02. The Kier molecular flexibility index (Phi) is 4.62. The number of rotatable bonds is 2. The molecule has 1 aromatic carbocycles. The van der Waals surface area contributed by atoms with Crippen molar-refractivity contribution in [2.45, 2.75) is 57.4 Å². The van der Waals surface area contributed by atoms with Gasteiger partial charge >= 0.3 is 0 Å². The first kappa shape index (κ1) is 13.9. The van der Waals surface area contributed by atoms with Gasteiger partial charge in [-0.3, -0.25) is 0 Å². The lowest BCUT2D eigenvalue weighted by Gasteiger charge is -2.31. The van der Waals surface area contributed by atoms with Crippen molar-refractivity contribution in [3.05, 3.63) is 29.8 Å². The molecule has 0 radical (unpaired) electrons. The van der Waals surface area contributed by atoms with Crippen LogP contribution in [0.2, 0.25) is 0 Å². The maximum atomic E-state index is 6.43. The number of aryl methyl sites for hydroxylation is 1. The van der Waals surface area contributed by atoms with E-state index < -0.39 is 0 Å². The van der Waals surface area contributed by atoms with Crippen molar-refractivity contribution in [1.29, 1.82) is 0 Å². The summed E-state index contributed by atoms with van der Waals surface area (Å²) < 4.78 is 0. The van der Waals surface area contributed by atoms with E-state index in [2.05, 4.69) is 29.2 Å². The minimum Gasteiger partial charge on any atom is -0.371 e. The third-order valence-electron chi connectivity index (χ3n) is 5.13. The van der Waals surface area contributed by atoms with Crippen molar-refractivity contribution in [3.8, 4) is 0 Å². The van der Waals surface area contributed by atoms with Crippen molar-refractivity contribution in [2.24, 2.45) is 11.7 Å². The molecule has 0 bridgehead atoms. The zero-order valence-electron chi connectivity index (χ0n) is 12.6. The van der Waals surface area contributed by atoms with E-state index in [4.69, 9.17) is 5.73 Å². The summed E-state index contributed by atoms with van der Waals surface area (Å²) in [4.78, 5) is 2.62. The molecule has 20 heavy (non-hydrogen) atoms. The molecule has 3 rings (SSSR count). The predicted octanol–water partition coefficient (Wildman–Crippen LogP) is 3.74. The molecule has 1 aliphatic heterocycles. The maximum Gasteiger partial charge on any atom is 0.0398 e. The average Bonchev–Trinajstić information content (AvgIpc) is 2.79. The first-order valence-electron chi connectivity index (χ1n) is 8.43. The lowest BCUT2D eigenvalue weighted by Crippen LogP contribution is -2.39. The van der Waals surface area contributed by atoms with Crippen molar-refractivity contribution in [1.82, 2.24) is 0 Å². The molecule has 1 aromatic rings. The van der Waals surface area contributed by atoms with Crippen molar-refractivity contribution >= 4 is 5.69 Å². The van der Waals surface area contributed by atoms with Crippen LogP contribution in [-0.4, -0.2) is 19.1 Å². The molecule has 1 saturated carbocycles. The van der Waals surface area contributed by atoms with Gasteiger partial charge in [-0.2, -0.15) is 0 Å². The van der Waals surface area contributed by atoms with Gasteiger partial charge in [0.15, 0.2) is 0 Å². The molecule has 110 valence electrons. The monoisotopic (exact) mass is 272 g/mol. The van der Waals surface area contributed by atoms with Gasteiger partial charge in [0.25, 0.3) is 0 Å². The van der Waals surface area contributed by atoms with Crippen LogP contribution in [-0.2, 0) is 6.42 Å². The van der Waals surface area contributed by atoms with Crippen LogP contribution in [0.25, 0.3) is 0 Å². The zero-order chi connectivity index (χ0) is 13.8. The Bertz CT molecular complexity index is 429. The van der Waals surface area contributed by atoms with E-state index in [1.54, 1.807) is 0 Å². The Balaban J connectivity index is 1.75. The average molecular weight is 272 g/mol. The summed E-state index contributed by atoms with van der Waals surface area (Å²) in [6, 6.07) is 9.39. The van der Waals surface area contributed by atoms with Crippen molar-refractivity contribution < 1.29 is 0 Å². The first-order valence-corrected chi connectivity index (χ1v) is 8.43. The fourth-order valence-electron chi connectivity index (χ4n) is 3.88. The van der Waals surface area contributed by atoms with E-state index in [1.807, 2.05) is 0 Å². The Labute approximate surface area is 123 Å². The number of para-hydroxylation sites is 1. The van der Waals surface area contributed by atoms with E-state index in [0.29, 0.717) is 12.0 Å². The fraction of sp³-hybridized carbons (Fsp3) is 0.667. The SMILES string of the molecule is NC1CCCCCC1CN1CCCCc2ccccc21. The quantitative estimate of drug-likeness (QED) is 0.831. The predicted molar refractivity (Wildman–Crippen MR) is 86.1 cm³/mol. The topological polar surface area (TPSA) is 29.3 Å². The van der Waals surface area contributed by atoms with Crippen LogP contribution < -0.4 is 10.6 Å². The number of benzene rings is 1. The highest BCUT2D eigenvalue weighted by Gasteiger charge is 2.24. The van der Waals surface area contributed by atoms with E-state index in [1.165, 1.54) is 69.2 Å². The Morgan fingerprint density at radius 2 is 1.85 bits per heavy atom. The fourth-order valence-corrected chi connectivity index (χ4v) is 3.88. The van der Waals surface area contributed by atoms with Crippen molar-refractivity contribution in [2.75, 3.05) is 18.0 Å². The van der Waals surface area contributed by atoms with Crippen LogP contribution in [0, 0.1) is 5.92 Å². The van der Waals surface area contributed by atoms with Crippen LogP contribution in [0.3, 0.4) is 0 Å². The summed E-state index contributed by atoms with van der Waals surface area (Å²) in [5.41, 5.74) is 9.44. The third kappa shape index (κ3) is 3.17. The summed E-state index contributed by atoms with van der Waals surface area (Å²) in [6.45, 7) is 2.37. The lowest BCUT2D eigenvalue weighted by atomic mass is 9.94. The lowest BCUT2D eigenvalue weighted by molar-refractivity contribution is 0.395. The number of anilines is 1. The summed E-state index contributed by atoms with van der Waals surface area (Å²) in [6.07, 6.45) is 10.5. The Morgan fingerprint density at radius 1 is 1.00 bits per heavy atom. The van der Waals surface area contributed by atoms with Crippen LogP contribution in [0.4, 0.5) is 5.69 Å². The van der Waals surface area contributed by atoms with Crippen LogP contribution in [0.1, 0.15) is 50.5 Å². The van der Waals surface area contributed by atoms with Gasteiger partial charge in [0.1, 0.15) is 0 Å². The second kappa shape index (κ2) is 6.62. The second-order valence-corrected chi connectivity index (χ2v) is 6.59. The highest BCUT2D eigenvalue weighted by atomic mass is 15.1. The number of nitrogens with two attached hydrogens (primary N) is 1. The van der Waals surface area contributed by atoms with Gasteiger partial charge < -0.3 is 10.6 Å². The van der Waals surface area contributed by atoms with Gasteiger partial charge in [-0.1, -0.05) is 37.5 Å². The van der Waals surface area contributed by atoms with Crippen LogP contribution >= 0.6 is 0 Å². The summed E-state index contributed by atoms with van der Waals surface area (Å²) in [5, 5.41) is 0. The van der Waals surface area contributed by atoms with Gasteiger partial charge in [0.2, 0.25) is 0 Å². The molecule has 2 nitrogen and oxygen atoms in total. The summed E-state index contributed by atoms with van der Waals surface area (Å²) >= 11 is 0. The van der Waals surface area contributed by atoms with E-state index in [0.717, 1.165) is 6.54 Å². The molecule has 1 aliphatic carbocycles. The number of hydrogen-bond donors (Lipinski definition) is 1. The molecule has 2 N–H and O–H groups in total. The van der Waals surface area contributed by atoms with Gasteiger partial charge in [0.05, 0.1) is 0 Å². The largest absolute Gasteiger partial charge is 0.371 e. The molecule has 2 heteroatoms. The van der Waals surface area contributed by atoms with Crippen LogP contribution in [0.5, 0.6) is 0 Å². The minimum atomic E-state index is 0.410. The van der Waals surface area contributed by atoms with E-state index in [9.17, 15) is 0 Å². The first-order chi connectivity index (χ1) is 9.84. The smallest absolute Gasteiger partial charge is 0.0398 e. The highest BCUT2D eigenvalue weighted by molar-refractivity contribution is 5.54. The second-order valence-electron chi connectivity index (χ2n) is 6.59. The summed E-state index contributed by atoms with van der Waals surface area (Å²) in [7, 11) is 0. The standard InChI is InChI=1S/C18H28N2/c19-17-11-3-1-2-10-16(17)14-20-13-7-6-9-15-8-4-5-12-18(15)20/h4-5,8,12,16-17H,1-3,6-7,9-11,13-14,19H2. The van der Waals surface area contributed by atoms with E-state index in [-0.39, 0.29) is 0 Å². The third-order valence-corrected chi connectivity index (χ3v) is 5.13. The van der Waals surface area contributed by atoms with Gasteiger partial charge in [-0.15, -0.1) is 0 Å². The maximum absolute atomic E-state index is 6.43. The molecule has 2 unspecified atom stereocenters. The zero-order valence-corrected chi connectivity index (χ0v) is 12.6. The van der Waals surface area contributed by atoms with Gasteiger partial charge in [0, 0.05) is 24.8 Å². The normalized spacial score (nSPS) is 27.6. The molecular weight excluding hydrogens is 244 g/mol. The molecule has 1 heterocycles. The van der Waals surface area contributed by atoms with Crippen molar-refractivity contribution in [3.63, 3.8) is 0 Å². The highest BCUT2D eigenvalue weighted by Crippen LogP contribution is 2.29. The molecule has 0 amide bonds. The number of fused-ring (bicyclic) bond motifs is 1. The Morgan fingerprint density at radius 3 is 2.80 bits per heavy atom. The summed E-state index contributed by atoms with van der Waals surface area (Å²) in [5.74, 6) is 0.684. The van der Waals surface area contributed by atoms with Gasteiger partial charge in [-0.05, 0) is 49.7 Å². The van der Waals surface area contributed by atoms with E-state index >= 15 is 0 Å². The van der Waals surface area contributed by atoms with Crippen LogP contribution in [0.15, 0.2) is 24.3 Å². The molecule has 0 saturated heterocycles. The molecule has 0 aromatic heterocycles. The number of hydrogen-bond acceptors (Lipinski definition) is 2. The molecule has 0 spiro atoms.